The van der Waals surface area contributed by atoms with Crippen molar-refractivity contribution < 1.29 is 9.90 Å². The molecule has 1 rings (SSSR count). The van der Waals surface area contributed by atoms with E-state index in [9.17, 15) is 9.90 Å². The van der Waals surface area contributed by atoms with Crippen LogP contribution in [-0.4, -0.2) is 31.4 Å². The Kier molecular flexibility index (Phi) is 5.13. The van der Waals surface area contributed by atoms with E-state index in [1.165, 1.54) is 18.3 Å². The Labute approximate surface area is 109 Å². The number of benzene rings is 1. The molecule has 1 aromatic carbocycles. The Hall–Kier alpha value is -0.891. The van der Waals surface area contributed by atoms with Crippen molar-refractivity contribution in [3.63, 3.8) is 0 Å². The van der Waals surface area contributed by atoms with Gasteiger partial charge in [0.25, 0.3) is 0 Å². The molecule has 0 saturated heterocycles. The van der Waals surface area contributed by atoms with Gasteiger partial charge < -0.3 is 0 Å². The second kappa shape index (κ2) is 6.15. The fourth-order valence-corrected chi connectivity index (χ4v) is 3.07. The first-order valence-electron chi connectivity index (χ1n) is 5.63. The third-order valence-electron chi connectivity index (χ3n) is 2.24. The van der Waals surface area contributed by atoms with E-state index in [0.29, 0.717) is 0 Å². The number of rotatable bonds is 5. The van der Waals surface area contributed by atoms with Crippen molar-refractivity contribution in [3.8, 4) is 0 Å². The van der Waals surface area contributed by atoms with Crippen LogP contribution in [-0.2, 0) is 4.79 Å². The molecule has 0 bridgehead atoms. The van der Waals surface area contributed by atoms with E-state index in [1.807, 2.05) is 25.1 Å². The molecule has 0 saturated carbocycles. The molecular weight excluding hydrogens is 279 g/mol. The zero-order valence-corrected chi connectivity index (χ0v) is 12.1. The molecule has 1 N–H and O–H groups in total. The Morgan fingerprint density at radius 2 is 1.94 bits per heavy atom. The molecule has 3 heteroatoms. The van der Waals surface area contributed by atoms with Gasteiger partial charge in [-0.1, -0.05) is 0 Å². The summed E-state index contributed by atoms with van der Waals surface area (Å²) in [6, 6.07) is 10.1. The van der Waals surface area contributed by atoms with Crippen molar-refractivity contribution >= 4 is 25.2 Å². The molecule has 0 spiro atoms. The monoisotopic (exact) mass is 298 g/mol. The summed E-state index contributed by atoms with van der Waals surface area (Å²) in [5.74, 6) is -0.216. The fourth-order valence-electron chi connectivity index (χ4n) is 1.17. The van der Waals surface area contributed by atoms with Crippen molar-refractivity contribution in [1.29, 1.82) is 0 Å². The Bertz CT molecular complexity index is 402. The van der Waals surface area contributed by atoms with E-state index >= 15 is 0 Å². The molecule has 0 aliphatic carbocycles. The molecule has 0 aliphatic rings. The van der Waals surface area contributed by atoms with E-state index in [-0.39, 0.29) is 20.7 Å². The van der Waals surface area contributed by atoms with Crippen LogP contribution in [0.4, 0.5) is 0 Å². The van der Waals surface area contributed by atoms with E-state index in [2.05, 4.69) is 12.1 Å². The van der Waals surface area contributed by atoms with Gasteiger partial charge >= 0.3 is 109 Å². The van der Waals surface area contributed by atoms with E-state index in [1.54, 1.807) is 6.08 Å². The Balaban J connectivity index is 2.79. The average molecular weight is 297 g/mol. The molecule has 0 atom stereocenters. The molecule has 0 amide bonds. The van der Waals surface area contributed by atoms with Crippen molar-refractivity contribution in [3.05, 3.63) is 40.9 Å². The SMILES string of the molecule is CC/C(=C/C(=O)C(C)(C)O)[Se]c1ccccc1. The quantitative estimate of drug-likeness (QED) is 0.663. The van der Waals surface area contributed by atoms with E-state index in [4.69, 9.17) is 0 Å². The first kappa shape index (κ1) is 14.2. The summed E-state index contributed by atoms with van der Waals surface area (Å²) in [5.41, 5.74) is -1.27. The van der Waals surface area contributed by atoms with Gasteiger partial charge in [0.2, 0.25) is 0 Å². The summed E-state index contributed by atoms with van der Waals surface area (Å²) in [6.45, 7) is 5.08. The Morgan fingerprint density at radius 1 is 1.35 bits per heavy atom. The van der Waals surface area contributed by atoms with Crippen molar-refractivity contribution in [1.82, 2.24) is 0 Å². The van der Waals surface area contributed by atoms with Gasteiger partial charge in [0, 0.05) is 0 Å². The maximum atomic E-state index is 11.7. The van der Waals surface area contributed by atoms with Gasteiger partial charge in [-0.2, -0.15) is 0 Å². The molecule has 2 nitrogen and oxygen atoms in total. The number of carbonyl (C=O) groups excluding carboxylic acids is 1. The van der Waals surface area contributed by atoms with Gasteiger partial charge in [0.05, 0.1) is 0 Å². The third-order valence-corrected chi connectivity index (χ3v) is 4.70. The molecule has 0 unspecified atom stereocenters. The van der Waals surface area contributed by atoms with Crippen LogP contribution in [0.5, 0.6) is 0 Å². The summed E-state index contributed by atoms with van der Waals surface area (Å²) in [7, 11) is 0. The van der Waals surface area contributed by atoms with Crippen molar-refractivity contribution in [2.75, 3.05) is 0 Å². The van der Waals surface area contributed by atoms with Crippen LogP contribution in [0.3, 0.4) is 0 Å². The predicted octanol–water partition coefficient (Wildman–Crippen LogP) is 1.65. The molecule has 0 heterocycles. The van der Waals surface area contributed by atoms with Crippen LogP contribution in [0, 0.1) is 0 Å². The zero-order chi connectivity index (χ0) is 12.9. The minimum atomic E-state index is -1.27. The molecule has 0 aromatic heterocycles. The number of aliphatic hydroxyl groups is 1. The van der Waals surface area contributed by atoms with Crippen LogP contribution in [0.1, 0.15) is 27.2 Å². The van der Waals surface area contributed by atoms with Crippen LogP contribution in [0.25, 0.3) is 0 Å². The standard InChI is InChI=1S/C14H18O2Se/c1-4-11(10-13(15)14(2,3)16)17-12-8-6-5-7-9-12/h5-10,16H,4H2,1-3H3/b11-10-. The normalized spacial score (nSPS) is 12.6. The van der Waals surface area contributed by atoms with Gasteiger partial charge in [-0.05, 0) is 0 Å². The molecule has 1 aromatic rings. The van der Waals surface area contributed by atoms with Crippen LogP contribution < -0.4 is 4.46 Å². The maximum absolute atomic E-state index is 11.7. The number of ketones is 1. The number of hydrogen-bond acceptors (Lipinski definition) is 2. The van der Waals surface area contributed by atoms with Crippen molar-refractivity contribution in [2.24, 2.45) is 0 Å². The molecule has 17 heavy (non-hydrogen) atoms. The topological polar surface area (TPSA) is 37.3 Å². The molecule has 92 valence electrons. The third kappa shape index (κ3) is 4.86. The van der Waals surface area contributed by atoms with Crippen molar-refractivity contribution in [2.45, 2.75) is 32.8 Å². The molecule has 0 radical (unpaired) electrons. The van der Waals surface area contributed by atoms with E-state index < -0.39 is 5.60 Å². The molecule has 0 aliphatic heterocycles. The van der Waals surface area contributed by atoms with Gasteiger partial charge in [-0.15, -0.1) is 0 Å². The summed E-state index contributed by atoms with van der Waals surface area (Å²) in [4.78, 5) is 11.7. The Morgan fingerprint density at radius 3 is 2.41 bits per heavy atom. The van der Waals surface area contributed by atoms with Crippen LogP contribution in [0.15, 0.2) is 40.9 Å². The number of hydrogen-bond donors (Lipinski definition) is 1. The average Bonchev–Trinajstić information content (AvgIpc) is 2.28. The fraction of sp³-hybridized carbons (Fsp3) is 0.357. The van der Waals surface area contributed by atoms with Gasteiger partial charge in [0.15, 0.2) is 0 Å². The predicted molar refractivity (Wildman–Crippen MR) is 71.5 cm³/mol. The molecular formula is C14H18O2Se. The first-order chi connectivity index (χ1) is 7.93. The second-order valence-electron chi connectivity index (χ2n) is 4.30. The van der Waals surface area contributed by atoms with E-state index in [0.717, 1.165) is 10.9 Å². The van der Waals surface area contributed by atoms with Crippen LogP contribution >= 0.6 is 0 Å². The number of allylic oxidation sites excluding steroid dienone is 1. The first-order valence-corrected chi connectivity index (χ1v) is 7.35. The summed E-state index contributed by atoms with van der Waals surface area (Å²) in [5, 5.41) is 9.61. The minimum absolute atomic E-state index is 0.164. The van der Waals surface area contributed by atoms with Crippen LogP contribution in [0.2, 0.25) is 0 Å². The summed E-state index contributed by atoms with van der Waals surface area (Å²) < 4.78 is 2.35. The van der Waals surface area contributed by atoms with Gasteiger partial charge in [0.1, 0.15) is 0 Å². The number of carbonyl (C=O) groups is 1. The summed E-state index contributed by atoms with van der Waals surface area (Å²) in [6.07, 6.45) is 2.45. The molecule has 0 fully saturated rings. The van der Waals surface area contributed by atoms with Gasteiger partial charge in [-0.3, -0.25) is 0 Å². The second-order valence-corrected chi connectivity index (χ2v) is 6.82. The van der Waals surface area contributed by atoms with Gasteiger partial charge in [-0.25, -0.2) is 0 Å². The summed E-state index contributed by atoms with van der Waals surface area (Å²) >= 11 is 0.164. The zero-order valence-electron chi connectivity index (χ0n) is 10.4.